The molecule has 0 saturated carbocycles. The molecule has 2 rings (SSSR count). The Morgan fingerprint density at radius 3 is 2.69 bits per heavy atom. The zero-order valence-corrected chi connectivity index (χ0v) is 11.1. The molecule has 1 aliphatic heterocycles. The van der Waals surface area contributed by atoms with Crippen molar-refractivity contribution in [3.05, 3.63) is 27.7 Å². The first-order valence-electron chi connectivity index (χ1n) is 5.28. The normalized spacial score (nSPS) is 22.4. The van der Waals surface area contributed by atoms with Crippen molar-refractivity contribution in [1.29, 1.82) is 0 Å². The first-order valence-corrected chi connectivity index (χ1v) is 6.04. The summed E-state index contributed by atoms with van der Waals surface area (Å²) in [6.07, 6.45) is 0.896. The highest BCUT2D eigenvalue weighted by molar-refractivity contribution is 6.35. The summed E-state index contributed by atoms with van der Waals surface area (Å²) in [7, 11) is 1.94. The number of halogens is 2. The number of fused-ring (bicyclic) bond motifs is 1. The van der Waals surface area contributed by atoms with Crippen LogP contribution in [0.15, 0.2) is 12.1 Å². The van der Waals surface area contributed by atoms with Crippen LogP contribution in [-0.4, -0.2) is 12.6 Å². The Bertz CT molecular complexity index is 418. The Labute approximate surface area is 106 Å². The molecule has 1 unspecified atom stereocenters. The third-order valence-electron chi connectivity index (χ3n) is 2.84. The molecule has 0 fully saturated rings. The van der Waals surface area contributed by atoms with Gasteiger partial charge in [0.1, 0.15) is 11.4 Å². The smallest absolute Gasteiger partial charge is 0.143 e. The molecule has 88 valence electrons. The van der Waals surface area contributed by atoms with Crippen molar-refractivity contribution < 1.29 is 4.74 Å². The maximum Gasteiger partial charge on any atom is 0.143 e. The molecular formula is C12H15Cl2NO. The van der Waals surface area contributed by atoms with Gasteiger partial charge < -0.3 is 10.1 Å². The van der Waals surface area contributed by atoms with Crippen molar-refractivity contribution in [2.24, 2.45) is 0 Å². The number of benzene rings is 1. The van der Waals surface area contributed by atoms with E-state index in [2.05, 4.69) is 19.2 Å². The molecule has 1 aromatic carbocycles. The molecule has 1 N–H and O–H groups in total. The Kier molecular flexibility index (Phi) is 3.08. The summed E-state index contributed by atoms with van der Waals surface area (Å²) in [5, 5.41) is 4.50. The van der Waals surface area contributed by atoms with Crippen LogP contribution < -0.4 is 10.1 Å². The van der Waals surface area contributed by atoms with Crippen molar-refractivity contribution in [3.63, 3.8) is 0 Å². The summed E-state index contributed by atoms with van der Waals surface area (Å²) in [5.41, 5.74) is 0.831. The second-order valence-corrected chi connectivity index (χ2v) is 5.56. The molecule has 0 spiro atoms. The molecule has 0 bridgehead atoms. The quantitative estimate of drug-likeness (QED) is 0.828. The summed E-state index contributed by atoms with van der Waals surface area (Å²) in [5.74, 6) is 0.752. The van der Waals surface area contributed by atoms with Gasteiger partial charge in [-0.2, -0.15) is 0 Å². The van der Waals surface area contributed by atoms with Gasteiger partial charge in [0.15, 0.2) is 0 Å². The molecule has 0 amide bonds. The van der Waals surface area contributed by atoms with Gasteiger partial charge in [-0.05, 0) is 33.0 Å². The van der Waals surface area contributed by atoms with E-state index in [9.17, 15) is 0 Å². The molecule has 0 aromatic heterocycles. The molecule has 0 aliphatic carbocycles. The molecule has 2 nitrogen and oxygen atoms in total. The highest BCUT2D eigenvalue weighted by Crippen LogP contribution is 2.44. The first-order chi connectivity index (χ1) is 7.43. The topological polar surface area (TPSA) is 21.3 Å². The van der Waals surface area contributed by atoms with Crippen LogP contribution in [0, 0.1) is 0 Å². The minimum atomic E-state index is -0.210. The highest BCUT2D eigenvalue weighted by Gasteiger charge is 2.34. The average Bonchev–Trinajstić information content (AvgIpc) is 2.18. The van der Waals surface area contributed by atoms with Gasteiger partial charge in [-0.25, -0.2) is 0 Å². The van der Waals surface area contributed by atoms with Gasteiger partial charge in [-0.15, -0.1) is 0 Å². The molecule has 16 heavy (non-hydrogen) atoms. The molecule has 1 atom stereocenters. The molecule has 0 radical (unpaired) electrons. The summed E-state index contributed by atoms with van der Waals surface area (Å²) < 4.78 is 5.91. The van der Waals surface area contributed by atoms with Gasteiger partial charge >= 0.3 is 0 Å². The minimum Gasteiger partial charge on any atom is -0.486 e. The van der Waals surface area contributed by atoms with E-state index >= 15 is 0 Å². The average molecular weight is 260 g/mol. The van der Waals surface area contributed by atoms with E-state index in [1.807, 2.05) is 13.1 Å². The van der Waals surface area contributed by atoms with E-state index < -0.39 is 0 Å². The van der Waals surface area contributed by atoms with Crippen LogP contribution >= 0.6 is 23.2 Å². The van der Waals surface area contributed by atoms with E-state index in [1.165, 1.54) is 0 Å². The molecule has 1 aromatic rings. The number of hydrogen-bond acceptors (Lipinski definition) is 2. The lowest BCUT2D eigenvalue weighted by Gasteiger charge is -2.38. The van der Waals surface area contributed by atoms with Gasteiger partial charge in [-0.3, -0.25) is 0 Å². The van der Waals surface area contributed by atoms with E-state index in [4.69, 9.17) is 27.9 Å². The fourth-order valence-corrected chi connectivity index (χ4v) is 2.67. The van der Waals surface area contributed by atoms with Crippen LogP contribution in [0.4, 0.5) is 0 Å². The van der Waals surface area contributed by atoms with Gasteiger partial charge in [-0.1, -0.05) is 23.2 Å². The van der Waals surface area contributed by atoms with Crippen molar-refractivity contribution in [3.8, 4) is 5.75 Å². The lowest BCUT2D eigenvalue weighted by atomic mass is 9.90. The lowest BCUT2D eigenvalue weighted by molar-refractivity contribution is 0.0676. The van der Waals surface area contributed by atoms with Crippen LogP contribution in [-0.2, 0) is 0 Å². The summed E-state index contributed by atoms with van der Waals surface area (Å²) in [6, 6.07) is 3.87. The van der Waals surface area contributed by atoms with Crippen molar-refractivity contribution in [1.82, 2.24) is 5.32 Å². The Balaban J connectivity index is 2.54. The van der Waals surface area contributed by atoms with E-state index in [0.717, 1.165) is 17.7 Å². The maximum atomic E-state index is 6.16. The van der Waals surface area contributed by atoms with Crippen LogP contribution in [0.5, 0.6) is 5.75 Å². The monoisotopic (exact) mass is 259 g/mol. The van der Waals surface area contributed by atoms with Crippen LogP contribution in [0.2, 0.25) is 10.0 Å². The van der Waals surface area contributed by atoms with Gasteiger partial charge in [0.05, 0.1) is 5.02 Å². The second-order valence-electron chi connectivity index (χ2n) is 4.71. The summed E-state index contributed by atoms with van der Waals surface area (Å²) >= 11 is 12.2. The molecule has 1 heterocycles. The van der Waals surface area contributed by atoms with Gasteiger partial charge in [0, 0.05) is 23.0 Å². The standard InChI is InChI=1S/C12H15Cl2NO/c1-12(2)6-10(15-3)8-4-7(13)5-9(14)11(8)16-12/h4-5,10,15H,6H2,1-3H3. The molecular weight excluding hydrogens is 245 g/mol. The van der Waals surface area contributed by atoms with Crippen molar-refractivity contribution >= 4 is 23.2 Å². The zero-order valence-electron chi connectivity index (χ0n) is 9.60. The molecule has 0 saturated heterocycles. The predicted octanol–water partition coefficient (Wildman–Crippen LogP) is 3.82. The van der Waals surface area contributed by atoms with E-state index in [-0.39, 0.29) is 11.6 Å². The van der Waals surface area contributed by atoms with Gasteiger partial charge in [0.2, 0.25) is 0 Å². The SMILES string of the molecule is CNC1CC(C)(C)Oc2c(Cl)cc(Cl)cc21. The number of hydrogen-bond donors (Lipinski definition) is 1. The number of ether oxygens (including phenoxy) is 1. The second kappa shape index (κ2) is 4.10. The highest BCUT2D eigenvalue weighted by atomic mass is 35.5. The van der Waals surface area contributed by atoms with E-state index in [0.29, 0.717) is 10.0 Å². The predicted molar refractivity (Wildman–Crippen MR) is 67.6 cm³/mol. The molecule has 4 heteroatoms. The third kappa shape index (κ3) is 2.15. The Morgan fingerprint density at radius 1 is 1.38 bits per heavy atom. The summed E-state index contributed by atoms with van der Waals surface area (Å²) in [4.78, 5) is 0. The fourth-order valence-electron chi connectivity index (χ4n) is 2.12. The Morgan fingerprint density at radius 2 is 2.06 bits per heavy atom. The number of rotatable bonds is 1. The van der Waals surface area contributed by atoms with Gasteiger partial charge in [0.25, 0.3) is 0 Å². The van der Waals surface area contributed by atoms with Crippen molar-refractivity contribution in [2.75, 3.05) is 7.05 Å². The maximum absolute atomic E-state index is 6.16. The van der Waals surface area contributed by atoms with Crippen LogP contribution in [0.1, 0.15) is 31.9 Å². The first kappa shape index (κ1) is 12.0. The third-order valence-corrected chi connectivity index (χ3v) is 3.33. The summed E-state index contributed by atoms with van der Waals surface area (Å²) in [6.45, 7) is 4.12. The van der Waals surface area contributed by atoms with Crippen molar-refractivity contribution in [2.45, 2.75) is 31.9 Å². The lowest BCUT2D eigenvalue weighted by Crippen LogP contribution is -2.38. The Hall–Kier alpha value is -0.440. The fraction of sp³-hybridized carbons (Fsp3) is 0.500. The molecule has 1 aliphatic rings. The zero-order chi connectivity index (χ0) is 11.9. The number of nitrogens with one attached hydrogen (secondary N) is 1. The largest absolute Gasteiger partial charge is 0.486 e. The minimum absolute atomic E-state index is 0.210. The van der Waals surface area contributed by atoms with Crippen LogP contribution in [0.3, 0.4) is 0 Å². The van der Waals surface area contributed by atoms with E-state index in [1.54, 1.807) is 6.07 Å². The van der Waals surface area contributed by atoms with Crippen LogP contribution in [0.25, 0.3) is 0 Å².